The lowest BCUT2D eigenvalue weighted by Crippen LogP contribution is -2.01. The summed E-state index contributed by atoms with van der Waals surface area (Å²) in [6.07, 6.45) is 3.89. The summed E-state index contributed by atoms with van der Waals surface area (Å²) in [5.41, 5.74) is 2.09. The number of hydrogen-bond acceptors (Lipinski definition) is 2. The summed E-state index contributed by atoms with van der Waals surface area (Å²) >= 11 is 9.36. The van der Waals surface area contributed by atoms with Gasteiger partial charge in [0, 0.05) is 11.6 Å². The van der Waals surface area contributed by atoms with Crippen LogP contribution >= 0.6 is 27.5 Å². The van der Waals surface area contributed by atoms with Crippen molar-refractivity contribution in [1.29, 1.82) is 0 Å². The second kappa shape index (κ2) is 4.80. The minimum Gasteiger partial charge on any atom is -0.507 e. The zero-order valence-corrected chi connectivity index (χ0v) is 12.3. The zero-order chi connectivity index (χ0) is 13.6. The highest BCUT2D eigenvalue weighted by Gasteiger charge is 2.22. The van der Waals surface area contributed by atoms with Crippen LogP contribution in [0.4, 0.5) is 4.39 Å². The van der Waals surface area contributed by atoms with Gasteiger partial charge in [-0.15, -0.1) is 0 Å². The fourth-order valence-corrected chi connectivity index (χ4v) is 3.01. The highest BCUT2D eigenvalue weighted by molar-refractivity contribution is 9.10. The average Bonchev–Trinajstić information content (AvgIpc) is 2.72. The van der Waals surface area contributed by atoms with Crippen LogP contribution in [0.25, 0.3) is 5.69 Å². The maximum atomic E-state index is 14.0. The smallest absolute Gasteiger partial charge is 0.150 e. The largest absolute Gasteiger partial charge is 0.507 e. The van der Waals surface area contributed by atoms with Gasteiger partial charge in [-0.25, -0.2) is 9.07 Å². The summed E-state index contributed by atoms with van der Waals surface area (Å²) in [6.45, 7) is 0. The quantitative estimate of drug-likeness (QED) is 0.848. The van der Waals surface area contributed by atoms with Crippen molar-refractivity contribution in [2.45, 2.75) is 25.7 Å². The Morgan fingerprint density at radius 2 is 2.05 bits per heavy atom. The van der Waals surface area contributed by atoms with Gasteiger partial charge >= 0.3 is 0 Å². The van der Waals surface area contributed by atoms with Crippen LogP contribution in [-0.2, 0) is 12.8 Å². The molecule has 0 saturated heterocycles. The van der Waals surface area contributed by atoms with E-state index in [2.05, 4.69) is 21.0 Å². The van der Waals surface area contributed by atoms with Crippen LogP contribution in [0.3, 0.4) is 0 Å². The Labute approximate surface area is 123 Å². The Bertz CT molecular complexity index is 657. The molecule has 1 aromatic carbocycles. The van der Waals surface area contributed by atoms with E-state index in [9.17, 15) is 9.50 Å². The number of nitrogens with zero attached hydrogens (tertiary/aromatic N) is 2. The maximum absolute atomic E-state index is 14.0. The number of fused-ring (bicyclic) bond motifs is 1. The second-order valence-electron chi connectivity index (χ2n) is 4.59. The molecule has 0 spiro atoms. The summed E-state index contributed by atoms with van der Waals surface area (Å²) in [4.78, 5) is 0. The lowest BCUT2D eigenvalue weighted by atomic mass is 9.99. The fraction of sp³-hybridized carbons (Fsp3) is 0.308. The number of halogens is 3. The molecule has 0 radical (unpaired) electrons. The van der Waals surface area contributed by atoms with Crippen LogP contribution in [0.15, 0.2) is 16.6 Å². The normalized spacial score (nSPS) is 14.5. The molecule has 1 N–H and O–H groups in total. The van der Waals surface area contributed by atoms with Crippen LogP contribution in [-0.4, -0.2) is 14.9 Å². The number of aromatic hydroxyl groups is 1. The predicted molar refractivity (Wildman–Crippen MR) is 74.5 cm³/mol. The van der Waals surface area contributed by atoms with Gasteiger partial charge in [0.15, 0.2) is 0 Å². The topological polar surface area (TPSA) is 38.0 Å². The molecule has 1 aromatic heterocycles. The van der Waals surface area contributed by atoms with Crippen molar-refractivity contribution < 1.29 is 9.50 Å². The molecule has 0 amide bonds. The summed E-state index contributed by atoms with van der Waals surface area (Å²) in [7, 11) is 0. The van der Waals surface area contributed by atoms with Gasteiger partial charge in [-0.1, -0.05) is 11.6 Å². The molecule has 0 unspecified atom stereocenters. The Hall–Kier alpha value is -1.07. The number of aromatic nitrogens is 2. The summed E-state index contributed by atoms with van der Waals surface area (Å²) < 4.78 is 15.7. The van der Waals surface area contributed by atoms with Gasteiger partial charge in [0.05, 0.1) is 10.2 Å². The summed E-state index contributed by atoms with van der Waals surface area (Å²) in [5.74, 6) is -0.521. The molecular formula is C13H11BrClFN2O. The Morgan fingerprint density at radius 3 is 2.79 bits per heavy atom. The van der Waals surface area contributed by atoms with E-state index in [1.165, 1.54) is 16.8 Å². The second-order valence-corrected chi connectivity index (χ2v) is 5.80. The van der Waals surface area contributed by atoms with Crippen LogP contribution in [0.2, 0.25) is 5.15 Å². The van der Waals surface area contributed by atoms with Crippen molar-refractivity contribution in [3.8, 4) is 11.4 Å². The molecule has 6 heteroatoms. The number of phenolic OH excluding ortho intramolecular Hbond substituents is 1. The highest BCUT2D eigenvalue weighted by atomic mass is 79.9. The molecule has 0 saturated carbocycles. The number of phenols is 1. The van der Waals surface area contributed by atoms with Crippen LogP contribution < -0.4 is 0 Å². The van der Waals surface area contributed by atoms with Crippen molar-refractivity contribution in [2.75, 3.05) is 0 Å². The van der Waals surface area contributed by atoms with Gasteiger partial charge in [0.1, 0.15) is 22.4 Å². The van der Waals surface area contributed by atoms with E-state index in [-0.39, 0.29) is 11.4 Å². The average molecular weight is 346 g/mol. The monoisotopic (exact) mass is 344 g/mol. The number of rotatable bonds is 1. The number of benzene rings is 1. The molecule has 3 rings (SSSR count). The zero-order valence-electron chi connectivity index (χ0n) is 9.96. The third-order valence-electron chi connectivity index (χ3n) is 3.34. The first kappa shape index (κ1) is 12.9. The van der Waals surface area contributed by atoms with Gasteiger partial charge in [-0.2, -0.15) is 5.10 Å². The van der Waals surface area contributed by atoms with E-state index in [4.69, 9.17) is 11.6 Å². The Balaban J connectivity index is 2.17. The van der Waals surface area contributed by atoms with E-state index in [1.54, 1.807) is 0 Å². The molecule has 0 fully saturated rings. The molecule has 0 bridgehead atoms. The molecule has 0 aliphatic heterocycles. The Morgan fingerprint density at radius 1 is 1.32 bits per heavy atom. The van der Waals surface area contributed by atoms with Crippen molar-refractivity contribution in [1.82, 2.24) is 9.78 Å². The first-order valence-corrected chi connectivity index (χ1v) is 7.19. The van der Waals surface area contributed by atoms with Crippen molar-refractivity contribution in [2.24, 2.45) is 0 Å². The van der Waals surface area contributed by atoms with E-state index >= 15 is 0 Å². The van der Waals surface area contributed by atoms with Gasteiger partial charge < -0.3 is 5.11 Å². The van der Waals surface area contributed by atoms with Crippen LogP contribution in [0, 0.1) is 5.82 Å². The van der Waals surface area contributed by atoms with Gasteiger partial charge in [0.25, 0.3) is 0 Å². The van der Waals surface area contributed by atoms with Gasteiger partial charge in [-0.3, -0.25) is 0 Å². The minimum atomic E-state index is -0.480. The van der Waals surface area contributed by atoms with E-state index in [0.717, 1.165) is 36.9 Å². The van der Waals surface area contributed by atoms with Gasteiger partial charge in [-0.05, 0) is 47.7 Å². The molecule has 1 heterocycles. The fourth-order valence-electron chi connectivity index (χ4n) is 2.36. The Kier molecular flexibility index (Phi) is 3.27. The first-order valence-electron chi connectivity index (χ1n) is 6.02. The molecular weight excluding hydrogens is 335 g/mol. The molecule has 19 heavy (non-hydrogen) atoms. The van der Waals surface area contributed by atoms with Gasteiger partial charge in [0.2, 0.25) is 0 Å². The number of hydrogen-bond donors (Lipinski definition) is 1. The number of aryl methyl sites for hydroxylation is 1. The molecule has 1 aliphatic carbocycles. The standard InChI is InChI=1S/C13H11BrClFN2O/c14-8-5-9(16)11(6-12(8)19)18-13(15)7-3-1-2-4-10(7)17-18/h5-6,19H,1-4H2. The lowest BCUT2D eigenvalue weighted by Gasteiger charge is -2.08. The maximum Gasteiger partial charge on any atom is 0.150 e. The molecule has 3 nitrogen and oxygen atoms in total. The molecule has 0 atom stereocenters. The predicted octanol–water partition coefficient (Wildman–Crippen LogP) is 4.01. The highest BCUT2D eigenvalue weighted by Crippen LogP contribution is 2.33. The van der Waals surface area contributed by atoms with E-state index in [0.29, 0.717) is 9.63 Å². The van der Waals surface area contributed by atoms with Crippen LogP contribution in [0.5, 0.6) is 5.75 Å². The third-order valence-corrected chi connectivity index (χ3v) is 4.36. The summed E-state index contributed by atoms with van der Waals surface area (Å²) in [6, 6.07) is 2.53. The molecule has 1 aliphatic rings. The van der Waals surface area contributed by atoms with Crippen molar-refractivity contribution in [3.05, 3.63) is 38.8 Å². The molecule has 100 valence electrons. The lowest BCUT2D eigenvalue weighted by molar-refractivity contribution is 0.468. The minimum absolute atomic E-state index is 0.0408. The SMILES string of the molecule is Oc1cc(-n2nc3c(c2Cl)CCCC3)c(F)cc1Br. The van der Waals surface area contributed by atoms with Crippen molar-refractivity contribution in [3.63, 3.8) is 0 Å². The molecule has 2 aromatic rings. The first-order chi connectivity index (χ1) is 9.08. The van der Waals surface area contributed by atoms with E-state index < -0.39 is 5.82 Å². The summed E-state index contributed by atoms with van der Waals surface area (Å²) in [5, 5.41) is 14.5. The van der Waals surface area contributed by atoms with Crippen LogP contribution in [0.1, 0.15) is 24.1 Å². The van der Waals surface area contributed by atoms with Crippen molar-refractivity contribution >= 4 is 27.5 Å². The third kappa shape index (κ3) is 2.15. The van der Waals surface area contributed by atoms with E-state index in [1.807, 2.05) is 0 Å².